The molecule has 80 valence electrons. The van der Waals surface area contributed by atoms with E-state index in [1.54, 1.807) is 11.8 Å². The highest BCUT2D eigenvalue weighted by Gasteiger charge is 2.09. The van der Waals surface area contributed by atoms with Crippen LogP contribution in [0.1, 0.15) is 0 Å². The van der Waals surface area contributed by atoms with Crippen LogP contribution in [-0.4, -0.2) is 28.7 Å². The predicted molar refractivity (Wildman–Crippen MR) is 57.1 cm³/mol. The van der Waals surface area contributed by atoms with Crippen LogP contribution in [0.15, 0.2) is 16.6 Å². The first-order valence-corrected chi connectivity index (χ1v) is 5.19. The van der Waals surface area contributed by atoms with Gasteiger partial charge in [0.1, 0.15) is 11.3 Å². The fourth-order valence-electron chi connectivity index (χ4n) is 1.34. The van der Waals surface area contributed by atoms with E-state index < -0.39 is 0 Å². The first-order chi connectivity index (χ1) is 7.22. The van der Waals surface area contributed by atoms with Crippen molar-refractivity contribution >= 4 is 27.0 Å². The number of benzene rings is 1. The van der Waals surface area contributed by atoms with Crippen LogP contribution >= 0.6 is 15.9 Å². The summed E-state index contributed by atoms with van der Waals surface area (Å²) in [7, 11) is 1.61. The van der Waals surface area contributed by atoms with Gasteiger partial charge in [-0.25, -0.2) is 9.07 Å². The molecule has 0 aliphatic carbocycles. The van der Waals surface area contributed by atoms with E-state index in [0.29, 0.717) is 28.7 Å². The van der Waals surface area contributed by atoms with Crippen LogP contribution in [0.25, 0.3) is 11.0 Å². The number of halogens is 2. The zero-order valence-electron chi connectivity index (χ0n) is 8.07. The summed E-state index contributed by atoms with van der Waals surface area (Å²) in [6.07, 6.45) is 0. The van der Waals surface area contributed by atoms with Crippen molar-refractivity contribution in [1.82, 2.24) is 15.0 Å². The minimum atomic E-state index is -0.310. The lowest BCUT2D eigenvalue weighted by atomic mass is 10.3. The lowest BCUT2D eigenvalue weighted by molar-refractivity contribution is 0.184. The molecule has 0 radical (unpaired) electrons. The van der Waals surface area contributed by atoms with Gasteiger partial charge in [-0.1, -0.05) is 5.21 Å². The Morgan fingerprint density at radius 3 is 3.07 bits per heavy atom. The Hall–Kier alpha value is -1.01. The summed E-state index contributed by atoms with van der Waals surface area (Å²) >= 11 is 3.24. The molecule has 1 aromatic heterocycles. The molecule has 0 bridgehead atoms. The van der Waals surface area contributed by atoms with Crippen LogP contribution in [-0.2, 0) is 11.3 Å². The third-order valence-electron chi connectivity index (χ3n) is 2.05. The zero-order valence-corrected chi connectivity index (χ0v) is 9.66. The van der Waals surface area contributed by atoms with Gasteiger partial charge < -0.3 is 4.74 Å². The van der Waals surface area contributed by atoms with Crippen LogP contribution in [0, 0.1) is 5.82 Å². The second kappa shape index (κ2) is 4.24. The molecule has 0 spiro atoms. The Kier molecular flexibility index (Phi) is 2.97. The van der Waals surface area contributed by atoms with Crippen molar-refractivity contribution in [3.05, 3.63) is 22.4 Å². The molecule has 0 N–H and O–H groups in total. The average Bonchev–Trinajstić information content (AvgIpc) is 2.58. The molecule has 1 heterocycles. The Bertz CT molecular complexity index is 485. The molecule has 0 fully saturated rings. The summed E-state index contributed by atoms with van der Waals surface area (Å²) in [4.78, 5) is 0. The summed E-state index contributed by atoms with van der Waals surface area (Å²) in [6.45, 7) is 1.08. The zero-order chi connectivity index (χ0) is 10.8. The molecule has 6 heteroatoms. The molecule has 15 heavy (non-hydrogen) atoms. The fourth-order valence-corrected chi connectivity index (χ4v) is 1.84. The second-order valence-electron chi connectivity index (χ2n) is 3.06. The van der Waals surface area contributed by atoms with Gasteiger partial charge in [0, 0.05) is 13.2 Å². The van der Waals surface area contributed by atoms with Crippen molar-refractivity contribution in [3.8, 4) is 0 Å². The molecular weight excluding hydrogens is 265 g/mol. The van der Waals surface area contributed by atoms with Crippen molar-refractivity contribution in [3.63, 3.8) is 0 Å². The van der Waals surface area contributed by atoms with E-state index in [9.17, 15) is 4.39 Å². The maximum Gasteiger partial charge on any atom is 0.127 e. The van der Waals surface area contributed by atoms with Crippen molar-refractivity contribution in [2.45, 2.75) is 6.54 Å². The summed E-state index contributed by atoms with van der Waals surface area (Å²) in [5, 5.41) is 7.88. The standard InChI is InChI=1S/C9H9BrFN3O/c1-15-3-2-14-8-5-6(11)4-7(10)9(8)12-13-14/h4-5H,2-3H2,1H3. The quantitative estimate of drug-likeness (QED) is 0.859. The van der Waals surface area contributed by atoms with E-state index in [4.69, 9.17) is 4.74 Å². The summed E-state index contributed by atoms with van der Waals surface area (Å²) < 4.78 is 20.3. The normalized spacial score (nSPS) is 11.1. The second-order valence-corrected chi connectivity index (χ2v) is 3.92. The first-order valence-electron chi connectivity index (χ1n) is 4.39. The minimum absolute atomic E-state index is 0.310. The number of ether oxygens (including phenoxy) is 1. The van der Waals surface area contributed by atoms with E-state index >= 15 is 0 Å². The third kappa shape index (κ3) is 2.00. The highest BCUT2D eigenvalue weighted by molar-refractivity contribution is 9.10. The monoisotopic (exact) mass is 273 g/mol. The Morgan fingerprint density at radius 2 is 2.33 bits per heavy atom. The van der Waals surface area contributed by atoms with E-state index in [2.05, 4.69) is 26.2 Å². The number of methoxy groups -OCH3 is 1. The Morgan fingerprint density at radius 1 is 1.53 bits per heavy atom. The van der Waals surface area contributed by atoms with Gasteiger partial charge in [0.2, 0.25) is 0 Å². The molecule has 0 saturated carbocycles. The molecule has 0 aliphatic rings. The SMILES string of the molecule is COCCn1nnc2c(Br)cc(F)cc21. The van der Waals surface area contributed by atoms with E-state index in [1.165, 1.54) is 12.1 Å². The van der Waals surface area contributed by atoms with Gasteiger partial charge in [-0.15, -0.1) is 5.10 Å². The van der Waals surface area contributed by atoms with Crippen LogP contribution in [0.5, 0.6) is 0 Å². The minimum Gasteiger partial charge on any atom is -0.383 e. The van der Waals surface area contributed by atoms with E-state index in [0.717, 1.165) is 0 Å². The maximum atomic E-state index is 13.1. The third-order valence-corrected chi connectivity index (χ3v) is 2.65. The number of hydrogen-bond donors (Lipinski definition) is 0. The molecule has 0 atom stereocenters. The van der Waals surface area contributed by atoms with Crippen molar-refractivity contribution in [2.24, 2.45) is 0 Å². The van der Waals surface area contributed by atoms with Crippen LogP contribution in [0.3, 0.4) is 0 Å². The highest BCUT2D eigenvalue weighted by Crippen LogP contribution is 2.22. The van der Waals surface area contributed by atoms with E-state index in [-0.39, 0.29) is 5.82 Å². The summed E-state index contributed by atoms with van der Waals surface area (Å²) in [5.74, 6) is -0.310. The molecule has 4 nitrogen and oxygen atoms in total. The lowest BCUT2D eigenvalue weighted by Crippen LogP contribution is -2.05. The molecule has 0 aliphatic heterocycles. The van der Waals surface area contributed by atoms with Gasteiger partial charge in [-0.2, -0.15) is 0 Å². The Labute approximate surface area is 94.1 Å². The number of fused-ring (bicyclic) bond motifs is 1. The van der Waals surface area contributed by atoms with Gasteiger partial charge in [0.15, 0.2) is 0 Å². The van der Waals surface area contributed by atoms with Crippen LogP contribution in [0.2, 0.25) is 0 Å². The number of aromatic nitrogens is 3. The largest absolute Gasteiger partial charge is 0.383 e. The molecule has 2 aromatic rings. The summed E-state index contributed by atoms with van der Waals surface area (Å²) in [6, 6.07) is 2.79. The summed E-state index contributed by atoms with van der Waals surface area (Å²) in [5.41, 5.74) is 1.33. The number of rotatable bonds is 3. The fraction of sp³-hybridized carbons (Fsp3) is 0.333. The smallest absolute Gasteiger partial charge is 0.127 e. The van der Waals surface area contributed by atoms with Crippen molar-refractivity contribution < 1.29 is 9.13 Å². The van der Waals surface area contributed by atoms with Crippen LogP contribution in [0.4, 0.5) is 4.39 Å². The molecule has 2 rings (SSSR count). The van der Waals surface area contributed by atoms with Gasteiger partial charge in [0.05, 0.1) is 23.1 Å². The Balaban J connectivity index is 2.49. The first kappa shape index (κ1) is 10.5. The molecular formula is C9H9BrFN3O. The van der Waals surface area contributed by atoms with Gasteiger partial charge in [-0.3, -0.25) is 0 Å². The highest BCUT2D eigenvalue weighted by atomic mass is 79.9. The number of hydrogen-bond acceptors (Lipinski definition) is 3. The van der Waals surface area contributed by atoms with E-state index in [1.807, 2.05) is 0 Å². The average molecular weight is 274 g/mol. The van der Waals surface area contributed by atoms with Gasteiger partial charge in [0.25, 0.3) is 0 Å². The van der Waals surface area contributed by atoms with Crippen molar-refractivity contribution in [2.75, 3.05) is 13.7 Å². The predicted octanol–water partition coefficient (Wildman–Crippen LogP) is 1.98. The van der Waals surface area contributed by atoms with Crippen LogP contribution < -0.4 is 0 Å². The van der Waals surface area contributed by atoms with Gasteiger partial charge >= 0.3 is 0 Å². The lowest BCUT2D eigenvalue weighted by Gasteiger charge is -2.01. The molecule has 0 amide bonds. The van der Waals surface area contributed by atoms with Crippen molar-refractivity contribution in [1.29, 1.82) is 0 Å². The maximum absolute atomic E-state index is 13.1. The number of nitrogens with zero attached hydrogens (tertiary/aromatic N) is 3. The van der Waals surface area contributed by atoms with Gasteiger partial charge in [-0.05, 0) is 22.0 Å². The molecule has 0 unspecified atom stereocenters. The molecule has 1 aromatic carbocycles. The molecule has 0 saturated heterocycles. The topological polar surface area (TPSA) is 39.9 Å².